The molecule has 5 nitrogen and oxygen atoms in total. The van der Waals surface area contributed by atoms with Crippen LogP contribution in [0.15, 0.2) is 48.5 Å². The Kier molecular flexibility index (Phi) is 4.50. The number of nitrogens with one attached hydrogen (secondary N) is 4. The van der Waals surface area contributed by atoms with Gasteiger partial charge in [0.15, 0.2) is 6.29 Å². The lowest BCUT2D eigenvalue weighted by Gasteiger charge is -2.32. The summed E-state index contributed by atoms with van der Waals surface area (Å²) in [7, 11) is 0. The van der Waals surface area contributed by atoms with Crippen LogP contribution in [0.4, 0.5) is 14.5 Å². The molecule has 1 fully saturated rings. The maximum Gasteiger partial charge on any atom is 0.241 e. The van der Waals surface area contributed by atoms with E-state index in [4.69, 9.17) is 0 Å². The highest BCUT2D eigenvalue weighted by Crippen LogP contribution is 2.10. The van der Waals surface area contributed by atoms with E-state index in [1.807, 2.05) is 0 Å². The molecule has 1 amide bonds. The van der Waals surface area contributed by atoms with Crippen LogP contribution in [0.5, 0.6) is 0 Å². The third-order valence-corrected chi connectivity index (χ3v) is 3.51. The zero-order chi connectivity index (χ0) is 16.2. The summed E-state index contributed by atoms with van der Waals surface area (Å²) < 4.78 is 25.7. The maximum absolute atomic E-state index is 12.9. The summed E-state index contributed by atoms with van der Waals surface area (Å²) in [6, 6.07) is 11.4. The molecule has 2 unspecified atom stereocenters. The predicted molar refractivity (Wildman–Crippen MR) is 82.1 cm³/mol. The number of anilines is 1. The number of rotatable bonds is 4. The Morgan fingerprint density at radius 3 is 2.13 bits per heavy atom. The lowest BCUT2D eigenvalue weighted by Crippen LogP contribution is -2.68. The first-order valence-electron chi connectivity index (χ1n) is 7.18. The van der Waals surface area contributed by atoms with Gasteiger partial charge in [0.1, 0.15) is 17.7 Å². The Hall–Kier alpha value is -2.51. The van der Waals surface area contributed by atoms with Gasteiger partial charge in [-0.3, -0.25) is 4.79 Å². The van der Waals surface area contributed by atoms with Gasteiger partial charge in [0, 0.05) is 5.69 Å². The van der Waals surface area contributed by atoms with Crippen LogP contribution in [0.1, 0.15) is 5.56 Å². The minimum atomic E-state index is -0.516. The molecule has 2 aromatic carbocycles. The molecule has 1 saturated heterocycles. The van der Waals surface area contributed by atoms with Crippen LogP contribution < -0.4 is 21.5 Å². The van der Waals surface area contributed by atoms with Gasteiger partial charge in [-0.1, -0.05) is 12.1 Å². The fourth-order valence-corrected chi connectivity index (χ4v) is 2.31. The number of hydrazine groups is 1. The van der Waals surface area contributed by atoms with Crippen molar-refractivity contribution in [2.24, 2.45) is 0 Å². The molecule has 0 aromatic heterocycles. The van der Waals surface area contributed by atoms with Gasteiger partial charge in [-0.2, -0.15) is 0 Å². The summed E-state index contributed by atoms with van der Waals surface area (Å²) >= 11 is 0. The molecule has 0 saturated carbocycles. The van der Waals surface area contributed by atoms with Crippen molar-refractivity contribution < 1.29 is 13.6 Å². The first-order valence-corrected chi connectivity index (χ1v) is 7.18. The number of hydrogen-bond acceptors (Lipinski definition) is 4. The SMILES string of the molecule is O=C1NC(Nc2ccc(F)cc2)NNC1Cc1ccc(F)cc1. The Balaban J connectivity index is 1.55. The lowest BCUT2D eigenvalue weighted by molar-refractivity contribution is -0.126. The van der Waals surface area contributed by atoms with Crippen molar-refractivity contribution in [2.45, 2.75) is 18.8 Å². The highest BCUT2D eigenvalue weighted by molar-refractivity contribution is 5.83. The zero-order valence-corrected chi connectivity index (χ0v) is 12.1. The summed E-state index contributed by atoms with van der Waals surface area (Å²) in [4.78, 5) is 12.1. The number of carbonyl (C=O) groups excluding carboxylic acids is 1. The van der Waals surface area contributed by atoms with Gasteiger partial charge >= 0.3 is 0 Å². The van der Waals surface area contributed by atoms with E-state index >= 15 is 0 Å². The molecular formula is C16H16F2N4O. The van der Waals surface area contributed by atoms with E-state index in [2.05, 4.69) is 21.5 Å². The Labute approximate surface area is 132 Å². The molecule has 120 valence electrons. The second-order valence-electron chi connectivity index (χ2n) is 5.26. The summed E-state index contributed by atoms with van der Waals surface area (Å²) in [6.07, 6.45) is -0.0834. The summed E-state index contributed by atoms with van der Waals surface area (Å²) in [5, 5.41) is 5.78. The molecule has 2 aromatic rings. The van der Waals surface area contributed by atoms with Crippen molar-refractivity contribution in [3.05, 3.63) is 65.7 Å². The molecular weight excluding hydrogens is 302 g/mol. The van der Waals surface area contributed by atoms with Gasteiger partial charge in [-0.15, -0.1) is 0 Å². The Morgan fingerprint density at radius 1 is 0.913 bits per heavy atom. The maximum atomic E-state index is 12.9. The monoisotopic (exact) mass is 318 g/mol. The first kappa shape index (κ1) is 15.4. The normalized spacial score (nSPS) is 20.9. The first-order chi connectivity index (χ1) is 11.1. The molecule has 0 spiro atoms. The highest BCUT2D eigenvalue weighted by Gasteiger charge is 2.27. The average molecular weight is 318 g/mol. The molecule has 1 aliphatic rings. The number of hydrogen-bond donors (Lipinski definition) is 4. The average Bonchev–Trinajstić information content (AvgIpc) is 2.54. The van der Waals surface area contributed by atoms with Crippen LogP contribution in [0.2, 0.25) is 0 Å². The number of halogens is 2. The van der Waals surface area contributed by atoms with E-state index in [9.17, 15) is 13.6 Å². The van der Waals surface area contributed by atoms with Crippen molar-refractivity contribution in [3.8, 4) is 0 Å². The molecule has 7 heteroatoms. The van der Waals surface area contributed by atoms with Crippen molar-refractivity contribution in [1.82, 2.24) is 16.2 Å². The fourth-order valence-electron chi connectivity index (χ4n) is 2.31. The summed E-state index contributed by atoms with van der Waals surface area (Å²) in [5.41, 5.74) is 7.38. The number of carbonyl (C=O) groups is 1. The Bertz CT molecular complexity index is 675. The van der Waals surface area contributed by atoms with Crippen LogP contribution in [-0.4, -0.2) is 18.2 Å². The van der Waals surface area contributed by atoms with Gasteiger partial charge in [-0.25, -0.2) is 19.6 Å². The van der Waals surface area contributed by atoms with Gasteiger partial charge in [0.05, 0.1) is 0 Å². The largest absolute Gasteiger partial charge is 0.352 e. The third-order valence-electron chi connectivity index (χ3n) is 3.51. The quantitative estimate of drug-likeness (QED) is 0.690. The van der Waals surface area contributed by atoms with E-state index in [-0.39, 0.29) is 17.5 Å². The molecule has 2 atom stereocenters. The highest BCUT2D eigenvalue weighted by atomic mass is 19.1. The van der Waals surface area contributed by atoms with Gasteiger partial charge in [0.2, 0.25) is 5.91 Å². The van der Waals surface area contributed by atoms with Crippen molar-refractivity contribution in [3.63, 3.8) is 0 Å². The van der Waals surface area contributed by atoms with E-state index in [0.717, 1.165) is 5.56 Å². The van der Waals surface area contributed by atoms with E-state index in [1.54, 1.807) is 24.3 Å². The van der Waals surface area contributed by atoms with Crippen LogP contribution in [0, 0.1) is 11.6 Å². The second kappa shape index (κ2) is 6.72. The topological polar surface area (TPSA) is 65.2 Å². The summed E-state index contributed by atoms with van der Waals surface area (Å²) in [5.74, 6) is -0.821. The van der Waals surface area contributed by atoms with Crippen molar-refractivity contribution >= 4 is 11.6 Å². The van der Waals surface area contributed by atoms with Crippen LogP contribution >= 0.6 is 0 Å². The molecule has 0 bridgehead atoms. The van der Waals surface area contributed by atoms with Gasteiger partial charge in [-0.05, 0) is 48.4 Å². The minimum Gasteiger partial charge on any atom is -0.352 e. The lowest BCUT2D eigenvalue weighted by atomic mass is 10.1. The molecule has 3 rings (SSSR count). The number of amides is 1. The summed E-state index contributed by atoms with van der Waals surface area (Å²) in [6.45, 7) is 0. The smallest absolute Gasteiger partial charge is 0.241 e. The van der Waals surface area contributed by atoms with Crippen LogP contribution in [-0.2, 0) is 11.2 Å². The molecule has 1 heterocycles. The van der Waals surface area contributed by atoms with E-state index < -0.39 is 12.3 Å². The molecule has 0 radical (unpaired) electrons. The minimum absolute atomic E-state index is 0.187. The van der Waals surface area contributed by atoms with Gasteiger partial charge in [0.25, 0.3) is 0 Å². The standard InChI is InChI=1S/C16H16F2N4O/c17-11-3-1-10(2-4-11)9-14-15(23)20-16(22-21-14)19-13-7-5-12(18)6-8-13/h1-8,14,16,19,21-22H,9H2,(H,20,23). The van der Waals surface area contributed by atoms with E-state index in [0.29, 0.717) is 12.1 Å². The molecule has 0 aliphatic carbocycles. The van der Waals surface area contributed by atoms with Crippen molar-refractivity contribution in [2.75, 3.05) is 5.32 Å². The van der Waals surface area contributed by atoms with Crippen LogP contribution in [0.3, 0.4) is 0 Å². The fraction of sp³-hybridized carbons (Fsp3) is 0.188. The van der Waals surface area contributed by atoms with E-state index in [1.165, 1.54) is 24.3 Å². The predicted octanol–water partition coefficient (Wildman–Crippen LogP) is 1.50. The van der Waals surface area contributed by atoms with Gasteiger partial charge < -0.3 is 10.6 Å². The molecule has 23 heavy (non-hydrogen) atoms. The second-order valence-corrected chi connectivity index (χ2v) is 5.26. The van der Waals surface area contributed by atoms with Crippen molar-refractivity contribution in [1.29, 1.82) is 0 Å². The van der Waals surface area contributed by atoms with Crippen LogP contribution in [0.25, 0.3) is 0 Å². The molecule has 4 N–H and O–H groups in total. The Morgan fingerprint density at radius 2 is 1.52 bits per heavy atom. The zero-order valence-electron chi connectivity index (χ0n) is 12.1. The third kappa shape index (κ3) is 4.02. The number of benzene rings is 2. The molecule has 1 aliphatic heterocycles.